The van der Waals surface area contributed by atoms with Gasteiger partial charge in [-0.2, -0.15) is 0 Å². The summed E-state index contributed by atoms with van der Waals surface area (Å²) in [7, 11) is 0. The van der Waals surface area contributed by atoms with Gasteiger partial charge >= 0.3 is 0 Å². The van der Waals surface area contributed by atoms with Gasteiger partial charge in [0.2, 0.25) is 0 Å². The topological polar surface area (TPSA) is 58.9 Å². The summed E-state index contributed by atoms with van der Waals surface area (Å²) in [5, 5.41) is 21.5. The zero-order valence-corrected chi connectivity index (χ0v) is 27.3. The van der Waals surface area contributed by atoms with Crippen molar-refractivity contribution in [1.29, 1.82) is 0 Å². The third-order valence-corrected chi connectivity index (χ3v) is 14.0. The Bertz CT molecular complexity index is 1150. The van der Waals surface area contributed by atoms with Gasteiger partial charge in [-0.3, -0.25) is 0 Å². The maximum atomic E-state index is 11.0. The van der Waals surface area contributed by atoms with Crippen LogP contribution in [0.15, 0.2) is 42.0 Å². The molecule has 0 amide bonds. The van der Waals surface area contributed by atoms with Crippen LogP contribution < -0.4 is 4.74 Å². The van der Waals surface area contributed by atoms with Crippen LogP contribution in [0.2, 0.25) is 0 Å². The predicted molar refractivity (Wildman–Crippen MR) is 169 cm³/mol. The normalized spacial score (nSPS) is 46.0. The van der Waals surface area contributed by atoms with Gasteiger partial charge in [0.25, 0.3) is 0 Å². The standard InChI is InChI=1S/C38H58O4/c1-34(2)23-29-27-13-14-30-35(3,19-16-31-37(30,5)20-17-32(40)38(31,6)25-39)28(27)15-18-36(29,4)33(24-34)42-22-10-21-41-26-11-8-7-9-12-26/h7-9,11-13,28-33,39-40H,10,14-25H2,1-6H3/t28?,29-,30?,31?,32-,33+,35-,36+,37+,38+/m0/s1. The molecule has 1 aromatic rings. The summed E-state index contributed by atoms with van der Waals surface area (Å²) >= 11 is 0. The number of hydrogen-bond donors (Lipinski definition) is 2. The van der Waals surface area contributed by atoms with E-state index in [1.165, 1.54) is 25.7 Å². The lowest BCUT2D eigenvalue weighted by Crippen LogP contribution is -2.63. The average Bonchev–Trinajstić information content (AvgIpc) is 2.95. The number of ether oxygens (including phenoxy) is 2. The fourth-order valence-corrected chi connectivity index (χ4v) is 11.6. The molecular weight excluding hydrogens is 520 g/mol. The van der Waals surface area contributed by atoms with Gasteiger partial charge in [0.05, 0.1) is 32.0 Å². The van der Waals surface area contributed by atoms with Crippen molar-refractivity contribution in [3.63, 3.8) is 0 Å². The largest absolute Gasteiger partial charge is 0.494 e. The molecule has 0 radical (unpaired) electrons. The zero-order valence-electron chi connectivity index (χ0n) is 27.3. The van der Waals surface area contributed by atoms with Crippen LogP contribution in [-0.2, 0) is 4.74 Å². The Hall–Kier alpha value is -1.36. The maximum absolute atomic E-state index is 11.0. The van der Waals surface area contributed by atoms with Gasteiger partial charge in [0.1, 0.15) is 5.75 Å². The zero-order chi connectivity index (χ0) is 30.0. The second kappa shape index (κ2) is 10.9. The van der Waals surface area contributed by atoms with Crippen molar-refractivity contribution in [1.82, 2.24) is 0 Å². The summed E-state index contributed by atoms with van der Waals surface area (Å²) in [6, 6.07) is 10.1. The van der Waals surface area contributed by atoms with Gasteiger partial charge in [-0.15, -0.1) is 0 Å². The van der Waals surface area contributed by atoms with Crippen molar-refractivity contribution < 1.29 is 19.7 Å². The van der Waals surface area contributed by atoms with Crippen LogP contribution in [-0.4, -0.2) is 42.2 Å². The first kappa shape index (κ1) is 30.7. The summed E-state index contributed by atoms with van der Waals surface area (Å²) < 4.78 is 12.8. The molecule has 234 valence electrons. The summed E-state index contributed by atoms with van der Waals surface area (Å²) in [5.41, 5.74) is 2.30. The highest BCUT2D eigenvalue weighted by atomic mass is 16.5. The van der Waals surface area contributed by atoms with Crippen LogP contribution in [0.3, 0.4) is 0 Å². The number of benzene rings is 1. The Morgan fingerprint density at radius 2 is 1.50 bits per heavy atom. The molecule has 5 aliphatic carbocycles. The van der Waals surface area contributed by atoms with E-state index in [1.54, 1.807) is 5.57 Å². The molecule has 1 aromatic carbocycles. The van der Waals surface area contributed by atoms with Gasteiger partial charge in [-0.25, -0.2) is 0 Å². The van der Waals surface area contributed by atoms with Gasteiger partial charge < -0.3 is 19.7 Å². The molecule has 4 saturated carbocycles. The summed E-state index contributed by atoms with van der Waals surface area (Å²) in [4.78, 5) is 0. The maximum Gasteiger partial charge on any atom is 0.119 e. The van der Waals surface area contributed by atoms with Crippen LogP contribution in [0.5, 0.6) is 5.75 Å². The summed E-state index contributed by atoms with van der Waals surface area (Å²) in [6.07, 6.45) is 13.8. The SMILES string of the molecule is CC1(C)C[C@@H](OCCCOc2ccccc2)[C@]2(C)CCC3C(=CCC4[C@@]3(C)CCC3[C@]4(C)CC[C@H](O)[C@]3(C)CO)[C@@H]2C1. The number of allylic oxidation sites excluding steroid dienone is 2. The lowest BCUT2D eigenvalue weighted by Gasteiger charge is -2.68. The molecule has 0 saturated heterocycles. The van der Waals surface area contributed by atoms with E-state index in [0.717, 1.165) is 50.9 Å². The highest BCUT2D eigenvalue weighted by Crippen LogP contribution is 2.72. The monoisotopic (exact) mass is 578 g/mol. The first-order valence-electron chi connectivity index (χ1n) is 17.2. The van der Waals surface area contributed by atoms with Gasteiger partial charge in [0, 0.05) is 17.3 Å². The predicted octanol–water partition coefficient (Wildman–Crippen LogP) is 8.22. The fraction of sp³-hybridized carbons (Fsp3) is 0.789. The van der Waals surface area contributed by atoms with Crippen LogP contribution in [0.25, 0.3) is 0 Å². The number of aliphatic hydroxyl groups excluding tert-OH is 2. The molecule has 4 nitrogen and oxygen atoms in total. The third-order valence-electron chi connectivity index (χ3n) is 14.0. The van der Waals surface area contributed by atoms with E-state index in [-0.39, 0.29) is 40.5 Å². The van der Waals surface area contributed by atoms with Crippen LogP contribution in [0.1, 0.15) is 106 Å². The number of fused-ring (bicyclic) bond motifs is 7. The number of aliphatic hydroxyl groups is 2. The van der Waals surface area contributed by atoms with Gasteiger partial charge in [-0.1, -0.05) is 71.4 Å². The first-order valence-corrected chi connectivity index (χ1v) is 17.2. The van der Waals surface area contributed by atoms with Gasteiger partial charge in [0.15, 0.2) is 0 Å². The van der Waals surface area contributed by atoms with Crippen LogP contribution in [0.4, 0.5) is 0 Å². The lowest BCUT2D eigenvalue weighted by atomic mass is 9.37. The molecule has 10 atom stereocenters. The third kappa shape index (κ3) is 4.81. The molecule has 0 aliphatic heterocycles. The van der Waals surface area contributed by atoms with E-state index in [0.29, 0.717) is 35.7 Å². The quantitative estimate of drug-likeness (QED) is 0.253. The van der Waals surface area contributed by atoms with Crippen LogP contribution in [0, 0.1) is 50.7 Å². The van der Waals surface area contributed by atoms with E-state index in [2.05, 4.69) is 47.6 Å². The minimum Gasteiger partial charge on any atom is -0.494 e. The minimum absolute atomic E-state index is 0.0949. The van der Waals surface area contributed by atoms with Crippen LogP contribution >= 0.6 is 0 Å². The molecule has 0 heterocycles. The van der Waals surface area contributed by atoms with Crippen molar-refractivity contribution in [3.8, 4) is 5.75 Å². The Kier molecular flexibility index (Phi) is 7.97. The van der Waals surface area contributed by atoms with Crippen molar-refractivity contribution in [2.24, 2.45) is 50.7 Å². The molecule has 5 aliphatic rings. The fourth-order valence-electron chi connectivity index (χ4n) is 11.6. The second-order valence-corrected chi connectivity index (χ2v) is 16.9. The van der Waals surface area contributed by atoms with E-state index < -0.39 is 0 Å². The summed E-state index contributed by atoms with van der Waals surface area (Å²) in [5.74, 6) is 3.18. The molecule has 4 fully saturated rings. The van der Waals surface area contributed by atoms with E-state index >= 15 is 0 Å². The Balaban J connectivity index is 1.21. The Morgan fingerprint density at radius 3 is 2.24 bits per heavy atom. The molecule has 0 bridgehead atoms. The molecule has 2 N–H and O–H groups in total. The Morgan fingerprint density at radius 1 is 0.786 bits per heavy atom. The number of rotatable bonds is 7. The molecule has 3 unspecified atom stereocenters. The molecule has 0 aromatic heterocycles. The smallest absolute Gasteiger partial charge is 0.119 e. The van der Waals surface area contributed by atoms with Crippen molar-refractivity contribution >= 4 is 0 Å². The van der Waals surface area contributed by atoms with Crippen molar-refractivity contribution in [2.45, 2.75) is 118 Å². The highest BCUT2D eigenvalue weighted by molar-refractivity contribution is 5.30. The first-order chi connectivity index (χ1) is 19.9. The second-order valence-electron chi connectivity index (χ2n) is 16.9. The highest BCUT2D eigenvalue weighted by Gasteiger charge is 2.66. The molecule has 4 heteroatoms. The molecule has 42 heavy (non-hydrogen) atoms. The van der Waals surface area contributed by atoms with E-state index in [4.69, 9.17) is 9.47 Å². The lowest BCUT2D eigenvalue weighted by molar-refractivity contribution is -0.204. The van der Waals surface area contributed by atoms with E-state index in [1.807, 2.05) is 30.3 Å². The minimum atomic E-state index is -0.388. The molecule has 6 rings (SSSR count). The van der Waals surface area contributed by atoms with Crippen molar-refractivity contribution in [3.05, 3.63) is 42.0 Å². The molecule has 0 spiro atoms. The molecular formula is C38H58O4. The van der Waals surface area contributed by atoms with Gasteiger partial charge in [-0.05, 0) is 110 Å². The Labute approximate surface area is 255 Å². The average molecular weight is 579 g/mol. The number of hydrogen-bond acceptors (Lipinski definition) is 4. The summed E-state index contributed by atoms with van der Waals surface area (Å²) in [6.45, 7) is 16.4. The number of para-hydroxylation sites is 1. The van der Waals surface area contributed by atoms with Crippen molar-refractivity contribution in [2.75, 3.05) is 19.8 Å². The van der Waals surface area contributed by atoms with E-state index in [9.17, 15) is 10.2 Å².